The number of halogens is 4. The summed E-state index contributed by atoms with van der Waals surface area (Å²) in [5.41, 5.74) is 2.14. The van der Waals surface area contributed by atoms with Crippen LogP contribution in [0.2, 0.25) is 5.02 Å². The zero-order valence-electron chi connectivity index (χ0n) is 18.2. The molecule has 1 aliphatic heterocycles. The number of alkyl halides is 2. The lowest BCUT2D eigenvalue weighted by atomic mass is 9.81. The predicted octanol–water partition coefficient (Wildman–Crippen LogP) is 5.74. The molecule has 9 heteroatoms. The Bertz CT molecular complexity index is 1150. The van der Waals surface area contributed by atoms with Crippen LogP contribution in [0.4, 0.5) is 5.69 Å². The number of likely N-dealkylation sites (tertiary alicyclic amines) is 1. The fourth-order valence-corrected chi connectivity index (χ4v) is 8.29. The first-order chi connectivity index (χ1) is 16.2. The molecular weight excluding hydrogens is 651 g/mol. The third-order valence-electron chi connectivity index (χ3n) is 7.50. The van der Waals surface area contributed by atoms with Gasteiger partial charge in [0, 0.05) is 26.2 Å². The van der Waals surface area contributed by atoms with Gasteiger partial charge in [-0.3, -0.25) is 19.3 Å². The van der Waals surface area contributed by atoms with Gasteiger partial charge in [0.25, 0.3) is 0 Å². The van der Waals surface area contributed by atoms with E-state index in [1.165, 1.54) is 4.90 Å². The van der Waals surface area contributed by atoms with Crippen LogP contribution in [-0.4, -0.2) is 38.3 Å². The van der Waals surface area contributed by atoms with Gasteiger partial charge in [-0.15, -0.1) is 0 Å². The highest BCUT2D eigenvalue weighted by Crippen LogP contribution is 2.60. The lowest BCUT2D eigenvalue weighted by Crippen LogP contribution is -2.49. The first-order valence-electron chi connectivity index (χ1n) is 11.1. The molecule has 2 aliphatic carbocycles. The standard InChI is InChI=1S/C25H22Br3ClN2O3/c1-11-16(8-7-15(26)22(11)29)30-23(32)17(9-12-5-3-2-4-6-12)31-24(33)18-13-10-14(19(18)25(31)34)21(28)20(13)27/h2-8,13-14,17-21H,9-10H2,1H3,(H,30,32)/t13-,14-,17+,18-,19+,20+,21+/m1/s1. The Labute approximate surface area is 228 Å². The van der Waals surface area contributed by atoms with E-state index in [4.69, 9.17) is 11.6 Å². The first kappa shape index (κ1) is 24.5. The predicted molar refractivity (Wildman–Crippen MR) is 142 cm³/mol. The number of nitrogens with one attached hydrogen (secondary N) is 1. The summed E-state index contributed by atoms with van der Waals surface area (Å²) < 4.78 is 0.729. The molecule has 3 aliphatic rings. The van der Waals surface area contributed by atoms with Gasteiger partial charge in [-0.1, -0.05) is 73.8 Å². The number of benzene rings is 2. The SMILES string of the molecule is Cc1c(NC(=O)[C@H](Cc2ccccc2)N2C(=O)[C@@H]3[C@H]4C[C@@H]([C@H](Br)[C@H]4Br)[C@@H]3C2=O)ccc(Br)c1Cl. The molecular formula is C25H22Br3ClN2O3. The molecule has 178 valence electrons. The van der Waals surface area contributed by atoms with Gasteiger partial charge in [0.2, 0.25) is 17.7 Å². The normalized spacial score (nSPS) is 30.6. The number of carbonyl (C=O) groups is 3. The van der Waals surface area contributed by atoms with Crippen LogP contribution in [0.1, 0.15) is 17.5 Å². The van der Waals surface area contributed by atoms with E-state index in [1.807, 2.05) is 37.3 Å². The van der Waals surface area contributed by atoms with Gasteiger partial charge in [-0.2, -0.15) is 0 Å². The molecule has 1 saturated heterocycles. The molecule has 2 saturated carbocycles. The van der Waals surface area contributed by atoms with Crippen molar-refractivity contribution in [3.05, 3.63) is 63.1 Å². The summed E-state index contributed by atoms with van der Waals surface area (Å²) in [6.45, 7) is 1.81. The number of fused-ring (bicyclic) bond motifs is 5. The maximum Gasteiger partial charge on any atom is 0.248 e. The minimum Gasteiger partial charge on any atom is -0.324 e. The summed E-state index contributed by atoms with van der Waals surface area (Å²) in [6.07, 6.45) is 1.09. The lowest BCUT2D eigenvalue weighted by molar-refractivity contribution is -0.147. The zero-order chi connectivity index (χ0) is 24.3. The molecule has 0 unspecified atom stereocenters. The second kappa shape index (κ2) is 9.34. The Morgan fingerprint density at radius 1 is 1.06 bits per heavy atom. The third-order valence-corrected chi connectivity index (χ3v) is 12.1. The monoisotopic (exact) mass is 670 g/mol. The Morgan fingerprint density at radius 3 is 2.24 bits per heavy atom. The van der Waals surface area contributed by atoms with Crippen molar-refractivity contribution in [3.8, 4) is 0 Å². The van der Waals surface area contributed by atoms with E-state index < -0.39 is 11.9 Å². The first-order valence-corrected chi connectivity index (χ1v) is 14.2. The molecule has 7 atom stereocenters. The van der Waals surface area contributed by atoms with Gasteiger partial charge >= 0.3 is 0 Å². The van der Waals surface area contributed by atoms with Crippen molar-refractivity contribution in [2.75, 3.05) is 5.32 Å². The van der Waals surface area contributed by atoms with Crippen LogP contribution in [0.15, 0.2) is 46.9 Å². The maximum atomic E-state index is 13.7. The Hall–Kier alpha value is -1.22. The largest absolute Gasteiger partial charge is 0.324 e. The van der Waals surface area contributed by atoms with E-state index in [0.717, 1.165) is 16.5 Å². The average Bonchev–Trinajstić information content (AvgIpc) is 3.43. The Balaban J connectivity index is 1.48. The highest BCUT2D eigenvalue weighted by Gasteiger charge is 2.67. The van der Waals surface area contributed by atoms with Crippen molar-refractivity contribution in [1.82, 2.24) is 4.90 Å². The molecule has 0 aromatic heterocycles. The minimum absolute atomic E-state index is 0.0915. The van der Waals surface area contributed by atoms with Crippen molar-refractivity contribution < 1.29 is 14.4 Å². The van der Waals surface area contributed by atoms with Crippen LogP contribution >= 0.6 is 59.4 Å². The second-order valence-corrected chi connectivity index (χ2v) is 12.6. The summed E-state index contributed by atoms with van der Waals surface area (Å²) in [5, 5.41) is 3.43. The number of hydrogen-bond donors (Lipinski definition) is 1. The molecule has 3 fully saturated rings. The van der Waals surface area contributed by atoms with Crippen LogP contribution in [0.3, 0.4) is 0 Å². The summed E-state index contributed by atoms with van der Waals surface area (Å²) in [4.78, 5) is 42.5. The molecule has 0 radical (unpaired) electrons. The van der Waals surface area contributed by atoms with Gasteiger partial charge in [0.15, 0.2) is 0 Å². The van der Waals surface area contributed by atoms with Gasteiger partial charge in [0.05, 0.1) is 16.9 Å². The maximum absolute atomic E-state index is 13.7. The van der Waals surface area contributed by atoms with Crippen molar-refractivity contribution >= 4 is 82.8 Å². The smallest absolute Gasteiger partial charge is 0.248 e. The van der Waals surface area contributed by atoms with E-state index in [-0.39, 0.29) is 51.6 Å². The van der Waals surface area contributed by atoms with Crippen LogP contribution in [-0.2, 0) is 20.8 Å². The van der Waals surface area contributed by atoms with Crippen LogP contribution in [0, 0.1) is 30.6 Å². The molecule has 0 spiro atoms. The van der Waals surface area contributed by atoms with Crippen molar-refractivity contribution in [2.45, 2.75) is 35.5 Å². The average molecular weight is 674 g/mol. The van der Waals surface area contributed by atoms with Crippen molar-refractivity contribution in [2.24, 2.45) is 23.7 Å². The highest BCUT2D eigenvalue weighted by molar-refractivity contribution is 9.12. The fraction of sp³-hybridized carbons (Fsp3) is 0.400. The van der Waals surface area contributed by atoms with E-state index in [9.17, 15) is 14.4 Å². The number of carbonyl (C=O) groups excluding carboxylic acids is 3. The van der Waals surface area contributed by atoms with Crippen molar-refractivity contribution in [1.29, 1.82) is 0 Å². The minimum atomic E-state index is -0.947. The van der Waals surface area contributed by atoms with Gasteiger partial charge in [-0.25, -0.2) is 0 Å². The molecule has 34 heavy (non-hydrogen) atoms. The number of imide groups is 1. The number of amides is 3. The summed E-state index contributed by atoms with van der Waals surface area (Å²) in [6, 6.07) is 12.0. The Morgan fingerprint density at radius 2 is 1.65 bits per heavy atom. The van der Waals surface area contributed by atoms with E-state index in [1.54, 1.807) is 12.1 Å². The highest BCUT2D eigenvalue weighted by atomic mass is 79.9. The molecule has 1 heterocycles. The number of rotatable bonds is 5. The topological polar surface area (TPSA) is 66.5 Å². The summed E-state index contributed by atoms with van der Waals surface area (Å²) in [7, 11) is 0. The molecule has 2 aromatic rings. The van der Waals surface area contributed by atoms with E-state index in [0.29, 0.717) is 16.3 Å². The van der Waals surface area contributed by atoms with Crippen LogP contribution < -0.4 is 5.32 Å². The number of anilines is 1. The van der Waals surface area contributed by atoms with Crippen LogP contribution in [0.5, 0.6) is 0 Å². The molecule has 3 amide bonds. The Kier molecular flexibility index (Phi) is 6.72. The third kappa shape index (κ3) is 3.89. The van der Waals surface area contributed by atoms with E-state index >= 15 is 0 Å². The van der Waals surface area contributed by atoms with Crippen LogP contribution in [0.25, 0.3) is 0 Å². The zero-order valence-corrected chi connectivity index (χ0v) is 23.7. The molecule has 2 bridgehead atoms. The number of hydrogen-bond acceptors (Lipinski definition) is 3. The van der Waals surface area contributed by atoms with Gasteiger partial charge < -0.3 is 5.32 Å². The second-order valence-electron chi connectivity index (χ2n) is 9.28. The summed E-state index contributed by atoms with van der Waals surface area (Å²) >= 11 is 17.2. The molecule has 5 rings (SSSR count). The lowest BCUT2D eigenvalue weighted by Gasteiger charge is -2.28. The van der Waals surface area contributed by atoms with Gasteiger partial charge in [-0.05, 0) is 64.4 Å². The van der Waals surface area contributed by atoms with Gasteiger partial charge in [0.1, 0.15) is 6.04 Å². The van der Waals surface area contributed by atoms with Crippen molar-refractivity contribution in [3.63, 3.8) is 0 Å². The number of nitrogens with zero attached hydrogens (tertiary/aromatic N) is 1. The quantitative estimate of drug-likeness (QED) is 0.326. The molecule has 2 aromatic carbocycles. The van der Waals surface area contributed by atoms with E-state index in [2.05, 4.69) is 53.1 Å². The molecule has 1 N–H and O–H groups in total. The fourth-order valence-electron chi connectivity index (χ4n) is 5.82. The molecule has 5 nitrogen and oxygen atoms in total. The summed E-state index contributed by atoms with van der Waals surface area (Å²) in [5.74, 6) is -1.41.